The number of methoxy groups -OCH3 is 1. The molecule has 0 aliphatic carbocycles. The summed E-state index contributed by atoms with van der Waals surface area (Å²) in [5.74, 6) is 0.471. The number of nitrogens with one attached hydrogen (secondary N) is 2. The minimum absolute atomic E-state index is 0.212. The van der Waals surface area contributed by atoms with Crippen LogP contribution in [0.2, 0.25) is 0 Å². The standard InChI is InChI=1S/C12H19N3O2.C2H6/c1-4-5-14-7-9-8-15-10(12(16)13-2)6-11(9)17-3;1-2/h6,8,14H,4-5,7H2,1-3H3,(H,13,16);1-2H3. The van der Waals surface area contributed by atoms with Crippen LogP contribution in [0.25, 0.3) is 0 Å². The van der Waals surface area contributed by atoms with Gasteiger partial charge in [-0.25, -0.2) is 0 Å². The molecule has 1 aromatic rings. The zero-order chi connectivity index (χ0) is 14.7. The van der Waals surface area contributed by atoms with Crippen molar-refractivity contribution in [3.63, 3.8) is 0 Å². The first kappa shape index (κ1) is 17.4. The van der Waals surface area contributed by atoms with Crippen molar-refractivity contribution in [2.24, 2.45) is 0 Å². The van der Waals surface area contributed by atoms with E-state index < -0.39 is 0 Å². The van der Waals surface area contributed by atoms with Gasteiger partial charge in [0.25, 0.3) is 5.91 Å². The van der Waals surface area contributed by atoms with E-state index in [0.29, 0.717) is 18.0 Å². The Kier molecular flexibility index (Phi) is 9.44. The van der Waals surface area contributed by atoms with E-state index in [1.54, 1.807) is 26.4 Å². The zero-order valence-corrected chi connectivity index (χ0v) is 12.5. The number of ether oxygens (including phenoxy) is 1. The number of pyridine rings is 1. The van der Waals surface area contributed by atoms with Crippen LogP contribution in [0.3, 0.4) is 0 Å². The molecule has 108 valence electrons. The third kappa shape index (κ3) is 5.70. The van der Waals surface area contributed by atoms with Crippen molar-refractivity contribution in [2.75, 3.05) is 20.7 Å². The molecule has 0 aliphatic rings. The summed E-state index contributed by atoms with van der Waals surface area (Å²) in [5.41, 5.74) is 1.32. The van der Waals surface area contributed by atoms with Gasteiger partial charge in [0.2, 0.25) is 0 Å². The zero-order valence-electron chi connectivity index (χ0n) is 12.5. The summed E-state index contributed by atoms with van der Waals surface area (Å²) in [4.78, 5) is 15.5. The molecule has 0 atom stereocenters. The summed E-state index contributed by atoms with van der Waals surface area (Å²) in [6.07, 6.45) is 2.75. The van der Waals surface area contributed by atoms with Crippen LogP contribution in [0.15, 0.2) is 12.3 Å². The van der Waals surface area contributed by atoms with Gasteiger partial charge < -0.3 is 15.4 Å². The molecule has 0 saturated heterocycles. The van der Waals surface area contributed by atoms with E-state index in [1.165, 1.54) is 0 Å². The van der Waals surface area contributed by atoms with Gasteiger partial charge in [-0.15, -0.1) is 0 Å². The minimum Gasteiger partial charge on any atom is -0.496 e. The molecule has 0 spiro atoms. The second-order valence-electron chi connectivity index (χ2n) is 3.64. The van der Waals surface area contributed by atoms with Gasteiger partial charge in [-0.1, -0.05) is 20.8 Å². The highest BCUT2D eigenvalue weighted by Crippen LogP contribution is 2.18. The summed E-state index contributed by atoms with van der Waals surface area (Å²) in [6.45, 7) is 7.75. The van der Waals surface area contributed by atoms with E-state index in [-0.39, 0.29) is 5.91 Å². The smallest absolute Gasteiger partial charge is 0.269 e. The first-order valence-electron chi connectivity index (χ1n) is 6.68. The molecule has 0 radical (unpaired) electrons. The van der Waals surface area contributed by atoms with Crippen molar-refractivity contribution in [1.82, 2.24) is 15.6 Å². The lowest BCUT2D eigenvalue weighted by molar-refractivity contribution is 0.0957. The van der Waals surface area contributed by atoms with Crippen LogP contribution in [-0.2, 0) is 6.54 Å². The summed E-state index contributed by atoms with van der Waals surface area (Å²) >= 11 is 0. The van der Waals surface area contributed by atoms with Crippen LogP contribution < -0.4 is 15.4 Å². The highest BCUT2D eigenvalue weighted by molar-refractivity contribution is 5.92. The van der Waals surface area contributed by atoms with Crippen LogP contribution in [0, 0.1) is 0 Å². The maximum absolute atomic E-state index is 11.4. The fourth-order valence-corrected chi connectivity index (χ4v) is 1.44. The van der Waals surface area contributed by atoms with Gasteiger partial charge in [-0.05, 0) is 13.0 Å². The molecule has 1 amide bonds. The molecule has 0 bridgehead atoms. The average Bonchev–Trinajstić information content (AvgIpc) is 2.49. The summed E-state index contributed by atoms with van der Waals surface area (Å²) < 4.78 is 5.25. The number of carbonyl (C=O) groups is 1. The number of hydrogen-bond acceptors (Lipinski definition) is 4. The molecule has 0 aromatic carbocycles. The molecule has 1 heterocycles. The first-order valence-corrected chi connectivity index (χ1v) is 6.68. The third-order valence-corrected chi connectivity index (χ3v) is 2.37. The molecule has 0 aliphatic heterocycles. The molecule has 0 fully saturated rings. The Morgan fingerprint density at radius 3 is 2.63 bits per heavy atom. The Hall–Kier alpha value is -1.62. The van der Waals surface area contributed by atoms with Gasteiger partial charge in [0, 0.05) is 31.4 Å². The fourth-order valence-electron chi connectivity index (χ4n) is 1.44. The molecule has 5 nitrogen and oxygen atoms in total. The predicted molar refractivity (Wildman–Crippen MR) is 77.5 cm³/mol. The third-order valence-electron chi connectivity index (χ3n) is 2.37. The molecule has 1 aromatic heterocycles. The molecular formula is C14H25N3O2. The van der Waals surface area contributed by atoms with Crippen molar-refractivity contribution in [3.8, 4) is 5.75 Å². The number of amides is 1. The topological polar surface area (TPSA) is 63.2 Å². The minimum atomic E-state index is -0.212. The Labute approximate surface area is 115 Å². The van der Waals surface area contributed by atoms with Crippen molar-refractivity contribution in [2.45, 2.75) is 33.7 Å². The summed E-state index contributed by atoms with van der Waals surface area (Å²) in [6, 6.07) is 1.65. The first-order chi connectivity index (χ1) is 9.22. The highest BCUT2D eigenvalue weighted by atomic mass is 16.5. The second kappa shape index (κ2) is 10.3. The number of hydrogen-bond donors (Lipinski definition) is 2. The normalized spacial score (nSPS) is 9.32. The van der Waals surface area contributed by atoms with E-state index >= 15 is 0 Å². The van der Waals surface area contributed by atoms with Crippen LogP contribution >= 0.6 is 0 Å². The van der Waals surface area contributed by atoms with Gasteiger partial charge in [0.15, 0.2) is 0 Å². The quantitative estimate of drug-likeness (QED) is 0.774. The van der Waals surface area contributed by atoms with Crippen LogP contribution in [0.5, 0.6) is 5.75 Å². The summed E-state index contributed by atoms with van der Waals surface area (Å²) in [7, 11) is 3.17. The van der Waals surface area contributed by atoms with E-state index in [0.717, 1.165) is 18.5 Å². The monoisotopic (exact) mass is 267 g/mol. The van der Waals surface area contributed by atoms with Gasteiger partial charge in [-0.2, -0.15) is 0 Å². The van der Waals surface area contributed by atoms with Crippen molar-refractivity contribution < 1.29 is 9.53 Å². The lowest BCUT2D eigenvalue weighted by atomic mass is 10.2. The number of nitrogens with zero attached hydrogens (tertiary/aromatic N) is 1. The van der Waals surface area contributed by atoms with Crippen LogP contribution in [0.4, 0.5) is 0 Å². The van der Waals surface area contributed by atoms with Crippen LogP contribution in [0.1, 0.15) is 43.2 Å². The van der Waals surface area contributed by atoms with E-state index in [2.05, 4.69) is 22.5 Å². The fraction of sp³-hybridized carbons (Fsp3) is 0.571. The SMILES string of the molecule is CC.CCCNCc1cnc(C(=O)NC)cc1OC. The highest BCUT2D eigenvalue weighted by Gasteiger charge is 2.10. The van der Waals surface area contributed by atoms with Gasteiger partial charge in [0.1, 0.15) is 11.4 Å². The molecular weight excluding hydrogens is 242 g/mol. The molecule has 0 saturated carbocycles. The molecule has 0 unspecified atom stereocenters. The lowest BCUT2D eigenvalue weighted by Gasteiger charge is -2.10. The maximum Gasteiger partial charge on any atom is 0.269 e. The van der Waals surface area contributed by atoms with Crippen molar-refractivity contribution >= 4 is 5.91 Å². The molecule has 2 N–H and O–H groups in total. The molecule has 19 heavy (non-hydrogen) atoms. The Bertz CT molecular complexity index is 381. The maximum atomic E-state index is 11.4. The summed E-state index contributed by atoms with van der Waals surface area (Å²) in [5, 5.41) is 5.80. The van der Waals surface area contributed by atoms with E-state index in [1.807, 2.05) is 13.8 Å². The van der Waals surface area contributed by atoms with E-state index in [4.69, 9.17) is 4.74 Å². The second-order valence-corrected chi connectivity index (χ2v) is 3.64. The van der Waals surface area contributed by atoms with Gasteiger partial charge in [0.05, 0.1) is 7.11 Å². The lowest BCUT2D eigenvalue weighted by Crippen LogP contribution is -2.20. The molecule has 5 heteroatoms. The predicted octanol–water partition coefficient (Wildman–Crippen LogP) is 1.98. The Balaban J connectivity index is 0.00000154. The van der Waals surface area contributed by atoms with Crippen molar-refractivity contribution in [3.05, 3.63) is 23.5 Å². The van der Waals surface area contributed by atoms with Crippen LogP contribution in [-0.4, -0.2) is 31.6 Å². The molecule has 1 rings (SSSR count). The largest absolute Gasteiger partial charge is 0.496 e. The van der Waals surface area contributed by atoms with Gasteiger partial charge >= 0.3 is 0 Å². The Morgan fingerprint density at radius 1 is 1.42 bits per heavy atom. The van der Waals surface area contributed by atoms with Gasteiger partial charge in [-0.3, -0.25) is 9.78 Å². The number of aromatic nitrogens is 1. The van der Waals surface area contributed by atoms with E-state index in [9.17, 15) is 4.79 Å². The van der Waals surface area contributed by atoms with Crippen molar-refractivity contribution in [1.29, 1.82) is 0 Å². The Morgan fingerprint density at radius 2 is 2.11 bits per heavy atom. The number of rotatable bonds is 6. The number of carbonyl (C=O) groups excluding carboxylic acids is 1. The average molecular weight is 267 g/mol.